The molecule has 30 heavy (non-hydrogen) atoms. The van der Waals surface area contributed by atoms with Crippen LogP contribution in [0.5, 0.6) is 0 Å². The van der Waals surface area contributed by atoms with Gasteiger partial charge < -0.3 is 10.5 Å². The number of primary amides is 1. The van der Waals surface area contributed by atoms with E-state index in [1.54, 1.807) is 18.0 Å². The number of amides is 2. The van der Waals surface area contributed by atoms with Crippen molar-refractivity contribution in [3.05, 3.63) is 53.7 Å². The number of hydrogen-bond acceptors (Lipinski definition) is 7. The number of nitrogens with one attached hydrogen (secondary N) is 1. The van der Waals surface area contributed by atoms with Crippen molar-refractivity contribution in [3.8, 4) is 22.4 Å². The molecule has 2 heterocycles. The Kier molecular flexibility index (Phi) is 7.42. The highest BCUT2D eigenvalue weighted by Crippen LogP contribution is 2.29. The molecule has 7 nitrogen and oxygen atoms in total. The van der Waals surface area contributed by atoms with Gasteiger partial charge in [0.05, 0.1) is 5.69 Å². The second-order valence-electron chi connectivity index (χ2n) is 6.50. The van der Waals surface area contributed by atoms with Crippen molar-refractivity contribution in [2.24, 2.45) is 5.73 Å². The standard InChI is InChI=1S/C21H22N4O3S2/c1-13-10-15(6-8-23-13)14-4-3-5-16(11-14)17-12-30-21(24-17)25-19(26)18(7-9-29-2)28-20(22)27/h3-6,8,10-12,18H,7,9H2,1-2H3,(H2,22,27)(H,24,25,26). The lowest BCUT2D eigenvalue weighted by molar-refractivity contribution is -0.124. The van der Waals surface area contributed by atoms with E-state index in [-0.39, 0.29) is 0 Å². The molecule has 3 aromatic rings. The minimum atomic E-state index is -0.973. The smallest absolute Gasteiger partial charge is 0.405 e. The maximum Gasteiger partial charge on any atom is 0.405 e. The number of hydrogen-bond donors (Lipinski definition) is 2. The number of carbonyl (C=O) groups is 2. The van der Waals surface area contributed by atoms with Gasteiger partial charge in [0, 0.05) is 29.3 Å². The normalized spacial score (nSPS) is 11.7. The second kappa shape index (κ2) is 10.2. The summed E-state index contributed by atoms with van der Waals surface area (Å²) in [5.74, 6) is 0.222. The predicted molar refractivity (Wildman–Crippen MR) is 122 cm³/mol. The van der Waals surface area contributed by atoms with Crippen LogP contribution in [0.15, 0.2) is 48.0 Å². The monoisotopic (exact) mass is 442 g/mol. The Balaban J connectivity index is 1.75. The van der Waals surface area contributed by atoms with Gasteiger partial charge in [0.25, 0.3) is 5.91 Å². The zero-order valence-electron chi connectivity index (χ0n) is 16.6. The number of thiazole rings is 1. The van der Waals surface area contributed by atoms with E-state index in [0.717, 1.165) is 28.1 Å². The van der Waals surface area contributed by atoms with E-state index in [2.05, 4.69) is 15.3 Å². The van der Waals surface area contributed by atoms with Gasteiger partial charge in [0.1, 0.15) is 0 Å². The molecule has 0 radical (unpaired) electrons. The van der Waals surface area contributed by atoms with Crippen LogP contribution in [0.3, 0.4) is 0 Å². The van der Waals surface area contributed by atoms with Gasteiger partial charge in [-0.1, -0.05) is 18.2 Å². The van der Waals surface area contributed by atoms with E-state index in [1.165, 1.54) is 11.3 Å². The average Bonchev–Trinajstić information content (AvgIpc) is 3.19. The molecule has 0 fully saturated rings. The summed E-state index contributed by atoms with van der Waals surface area (Å²) in [6.45, 7) is 1.96. The number of thioether (sulfide) groups is 1. The van der Waals surface area contributed by atoms with Crippen molar-refractivity contribution in [3.63, 3.8) is 0 Å². The van der Waals surface area contributed by atoms with Crippen molar-refractivity contribution < 1.29 is 14.3 Å². The summed E-state index contributed by atoms with van der Waals surface area (Å²) in [4.78, 5) is 32.3. The minimum absolute atomic E-state index is 0.377. The summed E-state index contributed by atoms with van der Waals surface area (Å²) in [7, 11) is 0. The third-order valence-electron chi connectivity index (χ3n) is 4.26. The lowest BCUT2D eigenvalue weighted by Crippen LogP contribution is -2.34. The molecule has 9 heteroatoms. The Labute approximate surface area is 183 Å². The fraction of sp³-hybridized carbons (Fsp3) is 0.238. The molecule has 2 amide bonds. The highest BCUT2D eigenvalue weighted by Gasteiger charge is 2.22. The van der Waals surface area contributed by atoms with Crippen molar-refractivity contribution in [1.29, 1.82) is 0 Å². The van der Waals surface area contributed by atoms with Crippen molar-refractivity contribution >= 4 is 40.2 Å². The number of benzene rings is 1. The first kappa shape index (κ1) is 21.8. The number of nitrogens with two attached hydrogens (primary N) is 1. The first-order valence-electron chi connectivity index (χ1n) is 9.21. The van der Waals surface area contributed by atoms with Crippen LogP contribution >= 0.6 is 23.1 Å². The number of pyridine rings is 1. The molecular formula is C21H22N4O3S2. The molecule has 0 saturated heterocycles. The Morgan fingerprint density at radius 3 is 2.73 bits per heavy atom. The van der Waals surface area contributed by atoms with Crippen LogP contribution < -0.4 is 11.1 Å². The predicted octanol–water partition coefficient (Wildman–Crippen LogP) is 4.34. The summed E-state index contributed by atoms with van der Waals surface area (Å²) in [5.41, 5.74) is 9.85. The number of rotatable bonds is 8. The Hall–Kier alpha value is -2.91. The molecular weight excluding hydrogens is 420 g/mol. The van der Waals surface area contributed by atoms with Gasteiger partial charge in [-0.2, -0.15) is 11.8 Å². The average molecular weight is 443 g/mol. The summed E-state index contributed by atoms with van der Waals surface area (Å²) < 4.78 is 4.94. The van der Waals surface area contributed by atoms with Gasteiger partial charge in [-0.05, 0) is 48.3 Å². The van der Waals surface area contributed by atoms with Crippen molar-refractivity contribution in [2.75, 3.05) is 17.3 Å². The maximum atomic E-state index is 12.5. The van der Waals surface area contributed by atoms with E-state index in [0.29, 0.717) is 17.3 Å². The van der Waals surface area contributed by atoms with Crippen LogP contribution in [0, 0.1) is 6.92 Å². The van der Waals surface area contributed by atoms with Gasteiger partial charge in [0.15, 0.2) is 11.2 Å². The molecule has 1 aromatic carbocycles. The highest BCUT2D eigenvalue weighted by atomic mass is 32.2. The number of nitrogens with zero attached hydrogens (tertiary/aromatic N) is 2. The molecule has 0 saturated carbocycles. The van der Waals surface area contributed by atoms with Crippen LogP contribution in [0.4, 0.5) is 9.93 Å². The number of ether oxygens (including phenoxy) is 1. The molecule has 1 atom stereocenters. The van der Waals surface area contributed by atoms with Crippen LogP contribution in [0.2, 0.25) is 0 Å². The van der Waals surface area contributed by atoms with Crippen LogP contribution in [0.1, 0.15) is 12.1 Å². The molecule has 156 valence electrons. The van der Waals surface area contributed by atoms with Crippen LogP contribution in [0.25, 0.3) is 22.4 Å². The summed E-state index contributed by atoms with van der Waals surface area (Å²) in [5, 5.41) is 5.02. The second-order valence-corrected chi connectivity index (χ2v) is 8.34. The lowest BCUT2D eigenvalue weighted by Gasteiger charge is -2.14. The number of anilines is 1. The Morgan fingerprint density at radius 2 is 2.00 bits per heavy atom. The van der Waals surface area contributed by atoms with Gasteiger partial charge in [-0.15, -0.1) is 11.3 Å². The molecule has 0 aliphatic heterocycles. The molecule has 1 unspecified atom stereocenters. The summed E-state index contributed by atoms with van der Waals surface area (Å²) in [6, 6.07) is 12.0. The zero-order valence-corrected chi connectivity index (χ0v) is 18.3. The lowest BCUT2D eigenvalue weighted by atomic mass is 10.0. The van der Waals surface area contributed by atoms with Crippen LogP contribution in [-0.2, 0) is 9.53 Å². The molecule has 0 aliphatic carbocycles. The fourth-order valence-corrected chi connectivity index (χ4v) is 4.01. The number of aryl methyl sites for hydroxylation is 1. The molecule has 0 bridgehead atoms. The largest absolute Gasteiger partial charge is 0.436 e. The Morgan fingerprint density at radius 1 is 1.23 bits per heavy atom. The highest BCUT2D eigenvalue weighted by molar-refractivity contribution is 7.98. The van der Waals surface area contributed by atoms with Gasteiger partial charge in [-0.3, -0.25) is 15.1 Å². The molecule has 2 aromatic heterocycles. The fourth-order valence-electron chi connectivity index (χ4n) is 2.84. The third-order valence-corrected chi connectivity index (χ3v) is 5.66. The molecule has 0 spiro atoms. The zero-order chi connectivity index (χ0) is 21.5. The first-order valence-corrected chi connectivity index (χ1v) is 11.5. The van der Waals surface area contributed by atoms with Crippen LogP contribution in [-0.4, -0.2) is 40.1 Å². The quantitative estimate of drug-likeness (QED) is 0.537. The number of carbonyl (C=O) groups excluding carboxylic acids is 2. The van der Waals surface area contributed by atoms with Crippen molar-refractivity contribution in [2.45, 2.75) is 19.4 Å². The minimum Gasteiger partial charge on any atom is -0.436 e. The van der Waals surface area contributed by atoms with E-state index < -0.39 is 18.1 Å². The van der Waals surface area contributed by atoms with Gasteiger partial charge in [0.2, 0.25) is 0 Å². The van der Waals surface area contributed by atoms with Gasteiger partial charge in [-0.25, -0.2) is 9.78 Å². The molecule has 3 N–H and O–H groups in total. The topological polar surface area (TPSA) is 107 Å². The van der Waals surface area contributed by atoms with E-state index in [4.69, 9.17) is 10.5 Å². The van der Waals surface area contributed by atoms with Crippen molar-refractivity contribution in [1.82, 2.24) is 9.97 Å². The summed E-state index contributed by atoms with van der Waals surface area (Å²) in [6.07, 6.45) is 2.16. The maximum absolute atomic E-state index is 12.5. The van der Waals surface area contributed by atoms with Gasteiger partial charge >= 0.3 is 6.09 Å². The van der Waals surface area contributed by atoms with E-state index >= 15 is 0 Å². The molecule has 3 rings (SSSR count). The SMILES string of the molecule is CSCCC(OC(N)=O)C(=O)Nc1nc(-c2cccc(-c3ccnc(C)c3)c2)cs1. The Bertz CT molecular complexity index is 1040. The van der Waals surface area contributed by atoms with E-state index in [9.17, 15) is 9.59 Å². The first-order chi connectivity index (χ1) is 14.5. The third kappa shape index (κ3) is 5.80. The molecule has 0 aliphatic rings. The number of aromatic nitrogens is 2. The van der Waals surface area contributed by atoms with E-state index in [1.807, 2.05) is 55.0 Å². The summed E-state index contributed by atoms with van der Waals surface area (Å²) >= 11 is 2.86.